The van der Waals surface area contributed by atoms with Gasteiger partial charge in [-0.25, -0.2) is 0 Å². The Morgan fingerprint density at radius 2 is 1.71 bits per heavy atom. The Balaban J connectivity index is 2.62. The third-order valence-electron chi connectivity index (χ3n) is 4.04. The summed E-state index contributed by atoms with van der Waals surface area (Å²) in [6.07, 6.45) is 4.03. The SMILES string of the molecule is CCCCC(Cc1ccccc1)C(O)N(C)CCN(C)C. The first kappa shape index (κ1) is 18.1. The minimum Gasteiger partial charge on any atom is -0.378 e. The van der Waals surface area contributed by atoms with Crippen LogP contribution >= 0.6 is 0 Å². The van der Waals surface area contributed by atoms with E-state index in [1.807, 2.05) is 13.1 Å². The van der Waals surface area contributed by atoms with Gasteiger partial charge in [-0.1, -0.05) is 50.1 Å². The van der Waals surface area contributed by atoms with Crippen molar-refractivity contribution in [1.29, 1.82) is 0 Å². The van der Waals surface area contributed by atoms with Gasteiger partial charge in [-0.15, -0.1) is 0 Å². The predicted octanol–water partition coefficient (Wildman–Crippen LogP) is 2.85. The van der Waals surface area contributed by atoms with Crippen molar-refractivity contribution < 1.29 is 5.11 Å². The third kappa shape index (κ3) is 7.07. The van der Waals surface area contributed by atoms with Gasteiger partial charge in [0.2, 0.25) is 0 Å². The Morgan fingerprint density at radius 3 is 2.29 bits per heavy atom. The van der Waals surface area contributed by atoms with Crippen molar-refractivity contribution >= 4 is 0 Å². The summed E-state index contributed by atoms with van der Waals surface area (Å²) in [5.41, 5.74) is 1.32. The Bertz CT molecular complexity index is 367. The van der Waals surface area contributed by atoms with Crippen LogP contribution in [-0.4, -0.2) is 55.4 Å². The zero-order valence-corrected chi connectivity index (χ0v) is 14.1. The van der Waals surface area contributed by atoms with Crippen LogP contribution in [0.15, 0.2) is 30.3 Å². The fraction of sp³-hybridized carbons (Fsp3) is 0.667. The molecule has 0 aliphatic carbocycles. The van der Waals surface area contributed by atoms with Gasteiger partial charge in [0.05, 0.1) is 0 Å². The molecular weight excluding hydrogens is 260 g/mol. The van der Waals surface area contributed by atoms with Gasteiger partial charge in [0.25, 0.3) is 0 Å². The second-order valence-corrected chi connectivity index (χ2v) is 6.29. The number of aliphatic hydroxyl groups excluding tert-OH is 1. The van der Waals surface area contributed by atoms with Crippen LogP contribution in [0.3, 0.4) is 0 Å². The summed E-state index contributed by atoms with van der Waals surface area (Å²) in [6, 6.07) is 10.5. The Morgan fingerprint density at radius 1 is 1.05 bits per heavy atom. The normalized spacial score (nSPS) is 14.6. The van der Waals surface area contributed by atoms with E-state index in [4.69, 9.17) is 0 Å². The average Bonchev–Trinajstić information content (AvgIpc) is 2.49. The topological polar surface area (TPSA) is 26.7 Å². The van der Waals surface area contributed by atoms with Gasteiger partial charge in [0.1, 0.15) is 6.23 Å². The second kappa shape index (κ2) is 9.93. The number of likely N-dealkylation sites (N-methyl/N-ethyl adjacent to an activating group) is 2. The van der Waals surface area contributed by atoms with Crippen LogP contribution in [0.25, 0.3) is 0 Å². The van der Waals surface area contributed by atoms with Gasteiger partial charge in [-0.05, 0) is 39.5 Å². The number of aliphatic hydroxyl groups is 1. The summed E-state index contributed by atoms with van der Waals surface area (Å²) in [5.74, 6) is 0.305. The minimum atomic E-state index is -0.364. The number of hydrogen-bond acceptors (Lipinski definition) is 3. The Labute approximate surface area is 130 Å². The lowest BCUT2D eigenvalue weighted by Crippen LogP contribution is -2.42. The van der Waals surface area contributed by atoms with E-state index in [1.165, 1.54) is 18.4 Å². The molecule has 0 aromatic heterocycles. The highest BCUT2D eigenvalue weighted by Gasteiger charge is 2.22. The highest BCUT2D eigenvalue weighted by molar-refractivity contribution is 5.15. The van der Waals surface area contributed by atoms with Gasteiger partial charge in [-0.3, -0.25) is 4.90 Å². The van der Waals surface area contributed by atoms with Crippen LogP contribution in [0.2, 0.25) is 0 Å². The van der Waals surface area contributed by atoms with Gasteiger partial charge >= 0.3 is 0 Å². The van der Waals surface area contributed by atoms with E-state index in [2.05, 4.69) is 55.1 Å². The van der Waals surface area contributed by atoms with Gasteiger partial charge in [0.15, 0.2) is 0 Å². The van der Waals surface area contributed by atoms with Crippen molar-refractivity contribution in [3.63, 3.8) is 0 Å². The molecule has 0 aliphatic heterocycles. The van der Waals surface area contributed by atoms with Crippen molar-refractivity contribution in [3.8, 4) is 0 Å². The van der Waals surface area contributed by atoms with E-state index in [0.29, 0.717) is 5.92 Å². The molecular formula is C18H32N2O. The Kier molecular flexibility index (Phi) is 8.58. The first-order valence-corrected chi connectivity index (χ1v) is 8.11. The number of benzene rings is 1. The summed E-state index contributed by atoms with van der Waals surface area (Å²) < 4.78 is 0. The van der Waals surface area contributed by atoms with Crippen molar-refractivity contribution in [2.75, 3.05) is 34.2 Å². The second-order valence-electron chi connectivity index (χ2n) is 6.29. The molecule has 0 bridgehead atoms. The average molecular weight is 292 g/mol. The highest BCUT2D eigenvalue weighted by atomic mass is 16.3. The van der Waals surface area contributed by atoms with Crippen LogP contribution in [0.4, 0.5) is 0 Å². The maximum absolute atomic E-state index is 10.7. The molecule has 120 valence electrons. The fourth-order valence-corrected chi connectivity index (χ4v) is 2.59. The molecule has 0 radical (unpaired) electrons. The standard InChI is InChI=1S/C18H32N2O/c1-5-6-12-17(15-16-10-8-7-9-11-16)18(21)20(4)14-13-19(2)3/h7-11,17-18,21H,5-6,12-15H2,1-4H3. The highest BCUT2D eigenvalue weighted by Crippen LogP contribution is 2.20. The molecule has 3 nitrogen and oxygen atoms in total. The van der Waals surface area contributed by atoms with E-state index < -0.39 is 0 Å². The van der Waals surface area contributed by atoms with Crippen LogP contribution in [-0.2, 0) is 6.42 Å². The minimum absolute atomic E-state index is 0.305. The van der Waals surface area contributed by atoms with Crippen molar-refractivity contribution in [2.24, 2.45) is 5.92 Å². The van der Waals surface area contributed by atoms with Gasteiger partial charge < -0.3 is 10.0 Å². The molecule has 0 aliphatic rings. The maximum Gasteiger partial charge on any atom is 0.110 e. The molecule has 21 heavy (non-hydrogen) atoms. The molecule has 0 heterocycles. The number of rotatable bonds is 10. The van der Waals surface area contributed by atoms with Crippen LogP contribution < -0.4 is 0 Å². The largest absolute Gasteiger partial charge is 0.378 e. The zero-order chi connectivity index (χ0) is 15.7. The fourth-order valence-electron chi connectivity index (χ4n) is 2.59. The predicted molar refractivity (Wildman–Crippen MR) is 90.4 cm³/mol. The summed E-state index contributed by atoms with van der Waals surface area (Å²) in [7, 11) is 6.16. The summed E-state index contributed by atoms with van der Waals surface area (Å²) in [4.78, 5) is 4.24. The quantitative estimate of drug-likeness (QED) is 0.672. The van der Waals surface area contributed by atoms with E-state index in [9.17, 15) is 5.11 Å². The number of unbranched alkanes of at least 4 members (excludes halogenated alkanes) is 1. The molecule has 3 heteroatoms. The first-order chi connectivity index (χ1) is 10.0. The zero-order valence-electron chi connectivity index (χ0n) is 14.1. The van der Waals surface area contributed by atoms with Gasteiger partial charge in [-0.2, -0.15) is 0 Å². The molecule has 0 saturated heterocycles. The molecule has 2 atom stereocenters. The van der Waals surface area contributed by atoms with Crippen molar-refractivity contribution in [1.82, 2.24) is 9.80 Å². The molecule has 1 rings (SSSR count). The molecule has 1 N–H and O–H groups in total. The van der Waals surface area contributed by atoms with E-state index in [-0.39, 0.29) is 6.23 Å². The molecule has 0 spiro atoms. The van der Waals surface area contributed by atoms with Crippen LogP contribution in [0.5, 0.6) is 0 Å². The van der Waals surface area contributed by atoms with E-state index >= 15 is 0 Å². The lowest BCUT2D eigenvalue weighted by atomic mass is 9.92. The van der Waals surface area contributed by atoms with E-state index in [0.717, 1.165) is 25.9 Å². The smallest absolute Gasteiger partial charge is 0.110 e. The summed E-state index contributed by atoms with van der Waals surface area (Å²) in [5, 5.41) is 10.7. The summed E-state index contributed by atoms with van der Waals surface area (Å²) in [6.45, 7) is 4.08. The number of hydrogen-bond donors (Lipinski definition) is 1. The monoisotopic (exact) mass is 292 g/mol. The number of nitrogens with zero attached hydrogens (tertiary/aromatic N) is 2. The molecule has 0 saturated carbocycles. The maximum atomic E-state index is 10.7. The molecule has 0 amide bonds. The molecule has 0 fully saturated rings. The Hall–Kier alpha value is -0.900. The molecule has 1 aromatic rings. The third-order valence-corrected chi connectivity index (χ3v) is 4.04. The van der Waals surface area contributed by atoms with Crippen LogP contribution in [0, 0.1) is 5.92 Å². The van der Waals surface area contributed by atoms with Crippen molar-refractivity contribution in [2.45, 2.75) is 38.8 Å². The van der Waals surface area contributed by atoms with E-state index in [1.54, 1.807) is 0 Å². The van der Waals surface area contributed by atoms with Crippen molar-refractivity contribution in [3.05, 3.63) is 35.9 Å². The molecule has 2 unspecified atom stereocenters. The van der Waals surface area contributed by atoms with Crippen LogP contribution in [0.1, 0.15) is 31.7 Å². The molecule has 1 aromatic carbocycles. The summed E-state index contributed by atoms with van der Waals surface area (Å²) >= 11 is 0. The lowest BCUT2D eigenvalue weighted by molar-refractivity contribution is -0.0302. The lowest BCUT2D eigenvalue weighted by Gasteiger charge is -2.31. The van der Waals surface area contributed by atoms with Gasteiger partial charge in [0, 0.05) is 19.0 Å². The first-order valence-electron chi connectivity index (χ1n) is 8.11.